The molecule has 1 aromatic carbocycles. The maximum Gasteiger partial charge on any atom is 0.244 e. The van der Waals surface area contributed by atoms with Gasteiger partial charge in [-0.05, 0) is 25.0 Å². The second-order valence-corrected chi connectivity index (χ2v) is 7.44. The summed E-state index contributed by atoms with van der Waals surface area (Å²) in [7, 11) is -3.65. The van der Waals surface area contributed by atoms with E-state index in [1.807, 2.05) is 0 Å². The van der Waals surface area contributed by atoms with Crippen LogP contribution >= 0.6 is 23.2 Å². The Labute approximate surface area is 134 Å². The highest BCUT2D eigenvalue weighted by Gasteiger charge is 2.31. The van der Waals surface area contributed by atoms with Crippen molar-refractivity contribution in [3.63, 3.8) is 0 Å². The third kappa shape index (κ3) is 3.88. The molecule has 0 bridgehead atoms. The minimum atomic E-state index is -3.65. The molecule has 1 fully saturated rings. The van der Waals surface area contributed by atoms with Crippen molar-refractivity contribution in [3.8, 4) is 0 Å². The first-order valence-electron chi connectivity index (χ1n) is 6.63. The zero-order valence-corrected chi connectivity index (χ0v) is 13.7. The van der Waals surface area contributed by atoms with E-state index in [0.717, 1.165) is 0 Å². The summed E-state index contributed by atoms with van der Waals surface area (Å²) >= 11 is 11.9. The van der Waals surface area contributed by atoms with Gasteiger partial charge in [-0.1, -0.05) is 29.3 Å². The van der Waals surface area contributed by atoms with E-state index in [2.05, 4.69) is 0 Å². The minimum Gasteiger partial charge on any atom is -0.394 e. The molecule has 0 unspecified atom stereocenters. The molecule has 0 radical (unpaired) electrons. The number of halogens is 2. The highest BCUT2D eigenvalue weighted by atomic mass is 35.5. The number of aliphatic hydroxyl groups is 1. The quantitative estimate of drug-likeness (QED) is 0.880. The van der Waals surface area contributed by atoms with Crippen LogP contribution in [0.3, 0.4) is 0 Å². The Morgan fingerprint density at radius 1 is 1.29 bits per heavy atom. The molecular weight excluding hydrogens is 337 g/mol. The zero-order valence-electron chi connectivity index (χ0n) is 11.3. The number of sulfonamides is 1. The molecular formula is C13H17Cl2NO4S. The van der Waals surface area contributed by atoms with Gasteiger partial charge >= 0.3 is 0 Å². The van der Waals surface area contributed by atoms with Crippen LogP contribution in [-0.2, 0) is 14.8 Å². The molecule has 0 spiro atoms. The van der Waals surface area contributed by atoms with Crippen LogP contribution in [0.2, 0.25) is 10.0 Å². The van der Waals surface area contributed by atoms with E-state index in [-0.39, 0.29) is 34.3 Å². The summed E-state index contributed by atoms with van der Waals surface area (Å²) in [4.78, 5) is 0.0337. The highest BCUT2D eigenvalue weighted by Crippen LogP contribution is 2.32. The molecule has 0 aliphatic carbocycles. The van der Waals surface area contributed by atoms with Crippen molar-refractivity contribution in [2.24, 2.45) is 0 Å². The molecule has 1 N–H and O–H groups in total. The van der Waals surface area contributed by atoms with E-state index in [1.54, 1.807) is 12.1 Å². The van der Waals surface area contributed by atoms with E-state index in [0.29, 0.717) is 25.9 Å². The molecule has 2 rings (SSSR count). The van der Waals surface area contributed by atoms with Crippen molar-refractivity contribution in [3.05, 3.63) is 28.2 Å². The van der Waals surface area contributed by atoms with E-state index in [4.69, 9.17) is 33.0 Å². The molecule has 21 heavy (non-hydrogen) atoms. The van der Waals surface area contributed by atoms with Crippen molar-refractivity contribution in [2.75, 3.05) is 26.3 Å². The Kier molecular flexibility index (Phi) is 5.88. The summed E-state index contributed by atoms with van der Waals surface area (Å²) in [5.41, 5.74) is 0. The van der Waals surface area contributed by atoms with Gasteiger partial charge in [0.25, 0.3) is 0 Å². The molecule has 8 heteroatoms. The lowest BCUT2D eigenvalue weighted by molar-refractivity contribution is 0.00318. The maximum atomic E-state index is 12.6. The Bertz CT molecular complexity index is 586. The number of aliphatic hydroxyl groups excluding tert-OH is 1. The fourth-order valence-electron chi connectivity index (χ4n) is 2.28. The first kappa shape index (κ1) is 17.0. The summed E-state index contributed by atoms with van der Waals surface area (Å²) in [6.07, 6.45) is 1.17. The van der Waals surface area contributed by atoms with Gasteiger partial charge in [0.2, 0.25) is 10.0 Å². The summed E-state index contributed by atoms with van der Waals surface area (Å²) in [5, 5.41) is 9.00. The van der Waals surface area contributed by atoms with Gasteiger partial charge in [0, 0.05) is 13.1 Å². The maximum absolute atomic E-state index is 12.6. The fraction of sp³-hybridized carbons (Fsp3) is 0.538. The lowest BCUT2D eigenvalue weighted by Crippen LogP contribution is -2.41. The first-order valence-corrected chi connectivity index (χ1v) is 8.83. The molecule has 0 saturated carbocycles. The van der Waals surface area contributed by atoms with Gasteiger partial charge < -0.3 is 9.84 Å². The Morgan fingerprint density at radius 3 is 2.57 bits per heavy atom. The Morgan fingerprint density at radius 2 is 1.95 bits per heavy atom. The summed E-state index contributed by atoms with van der Waals surface area (Å²) < 4.78 is 32.0. The Balaban J connectivity index is 2.10. The van der Waals surface area contributed by atoms with E-state index in [9.17, 15) is 8.42 Å². The number of rotatable bonds is 5. The average molecular weight is 354 g/mol. The van der Waals surface area contributed by atoms with Crippen molar-refractivity contribution >= 4 is 33.2 Å². The van der Waals surface area contributed by atoms with E-state index < -0.39 is 10.0 Å². The van der Waals surface area contributed by atoms with Gasteiger partial charge in [-0.2, -0.15) is 4.31 Å². The SMILES string of the molecule is O=S(=O)(c1cccc(Cl)c1Cl)N1CCC(OCCO)CC1. The van der Waals surface area contributed by atoms with Crippen LogP contribution in [0.5, 0.6) is 0 Å². The summed E-state index contributed by atoms with van der Waals surface area (Å²) in [5.74, 6) is 0. The van der Waals surface area contributed by atoms with Gasteiger partial charge in [-0.3, -0.25) is 0 Å². The second-order valence-electron chi connectivity index (χ2n) is 4.75. The minimum absolute atomic E-state index is 0.0153. The lowest BCUT2D eigenvalue weighted by atomic mass is 10.1. The van der Waals surface area contributed by atoms with Gasteiger partial charge in [0.1, 0.15) is 4.90 Å². The smallest absolute Gasteiger partial charge is 0.244 e. The summed E-state index contributed by atoms with van der Waals surface area (Å²) in [6.45, 7) is 0.969. The van der Waals surface area contributed by atoms with Crippen LogP contribution in [0, 0.1) is 0 Å². The molecule has 1 saturated heterocycles. The van der Waals surface area contributed by atoms with Crippen LogP contribution in [-0.4, -0.2) is 50.2 Å². The van der Waals surface area contributed by atoms with Gasteiger partial charge in [-0.25, -0.2) is 8.42 Å². The van der Waals surface area contributed by atoms with Gasteiger partial charge in [-0.15, -0.1) is 0 Å². The van der Waals surface area contributed by atoms with Crippen LogP contribution in [0.25, 0.3) is 0 Å². The molecule has 0 atom stereocenters. The normalized spacial score (nSPS) is 18.0. The highest BCUT2D eigenvalue weighted by molar-refractivity contribution is 7.89. The number of nitrogens with zero attached hydrogens (tertiary/aromatic N) is 1. The van der Waals surface area contributed by atoms with E-state index in [1.165, 1.54) is 10.4 Å². The van der Waals surface area contributed by atoms with Crippen molar-refractivity contribution < 1.29 is 18.3 Å². The number of hydrogen-bond acceptors (Lipinski definition) is 4. The third-order valence-electron chi connectivity index (χ3n) is 3.38. The number of hydrogen-bond donors (Lipinski definition) is 1. The largest absolute Gasteiger partial charge is 0.394 e. The monoisotopic (exact) mass is 353 g/mol. The molecule has 1 aliphatic rings. The average Bonchev–Trinajstić information content (AvgIpc) is 2.48. The molecule has 0 aromatic heterocycles. The van der Waals surface area contributed by atoms with E-state index >= 15 is 0 Å². The van der Waals surface area contributed by atoms with Gasteiger partial charge in [0.15, 0.2) is 0 Å². The lowest BCUT2D eigenvalue weighted by Gasteiger charge is -2.31. The fourth-order valence-corrected chi connectivity index (χ4v) is 4.49. The van der Waals surface area contributed by atoms with Crippen LogP contribution in [0.4, 0.5) is 0 Å². The molecule has 1 aliphatic heterocycles. The molecule has 5 nitrogen and oxygen atoms in total. The predicted molar refractivity (Wildman–Crippen MR) is 81.3 cm³/mol. The van der Waals surface area contributed by atoms with Crippen molar-refractivity contribution in [1.29, 1.82) is 0 Å². The van der Waals surface area contributed by atoms with Crippen LogP contribution in [0.1, 0.15) is 12.8 Å². The Hall–Kier alpha value is -0.370. The molecule has 118 valence electrons. The van der Waals surface area contributed by atoms with Crippen LogP contribution < -0.4 is 0 Å². The van der Waals surface area contributed by atoms with Crippen molar-refractivity contribution in [1.82, 2.24) is 4.31 Å². The number of piperidine rings is 1. The van der Waals surface area contributed by atoms with Gasteiger partial charge in [0.05, 0.1) is 29.4 Å². The first-order chi connectivity index (χ1) is 9.96. The number of benzene rings is 1. The number of ether oxygens (including phenoxy) is 1. The third-order valence-corrected chi connectivity index (χ3v) is 6.25. The second kappa shape index (κ2) is 7.26. The summed E-state index contributed by atoms with van der Waals surface area (Å²) in [6, 6.07) is 4.58. The predicted octanol–water partition coefficient (Wildman–Crippen LogP) is 2.16. The molecule has 1 aromatic rings. The van der Waals surface area contributed by atoms with Crippen molar-refractivity contribution in [2.45, 2.75) is 23.8 Å². The molecule has 1 heterocycles. The molecule has 0 amide bonds. The zero-order chi connectivity index (χ0) is 15.5. The van der Waals surface area contributed by atoms with Crippen LogP contribution in [0.15, 0.2) is 23.1 Å². The standard InChI is InChI=1S/C13H17Cl2NO4S/c14-11-2-1-3-12(13(11)15)21(18,19)16-6-4-10(5-7-16)20-9-8-17/h1-3,10,17H,4-9H2. The topological polar surface area (TPSA) is 66.8 Å².